The average Bonchev–Trinajstić information content (AvgIpc) is 2.55. The lowest BCUT2D eigenvalue weighted by Gasteiger charge is -2.12. The minimum atomic E-state index is -0.941. The Bertz CT molecular complexity index is 279. The quantitative estimate of drug-likeness (QED) is 0.666. The third kappa shape index (κ3) is 3.54. The van der Waals surface area contributed by atoms with Crippen LogP contribution in [0.5, 0.6) is 0 Å². The first-order valence-corrected chi connectivity index (χ1v) is 4.50. The van der Waals surface area contributed by atoms with Crippen LogP contribution in [-0.2, 0) is 4.79 Å². The fraction of sp³-hybridized carbons (Fsp3) is 0.500. The van der Waals surface area contributed by atoms with Gasteiger partial charge in [0, 0.05) is 0 Å². The van der Waals surface area contributed by atoms with Gasteiger partial charge in [0.25, 0.3) is 0 Å². The first kappa shape index (κ1) is 13.2. The van der Waals surface area contributed by atoms with Crippen LogP contribution < -0.4 is 11.1 Å². The zero-order chi connectivity index (χ0) is 9.84. The Hall–Kier alpha value is -0.760. The van der Waals surface area contributed by atoms with Gasteiger partial charge in [-0.2, -0.15) is 0 Å². The predicted molar refractivity (Wildman–Crippen MR) is 55.4 cm³/mol. The molecule has 0 radical (unpaired) electrons. The molecule has 1 heterocycles. The molecule has 0 aliphatic carbocycles. The second-order valence-corrected chi connectivity index (χ2v) is 3.33. The summed E-state index contributed by atoms with van der Waals surface area (Å²) >= 11 is 1.19. The Morgan fingerprint density at radius 2 is 2.43 bits per heavy atom. The number of carbonyl (C=O) groups excluding carboxylic acids is 1. The van der Waals surface area contributed by atoms with Gasteiger partial charge in [-0.25, -0.2) is 0 Å². The Morgan fingerprint density at radius 1 is 1.79 bits per heavy atom. The molecule has 2 atom stereocenters. The first-order chi connectivity index (χ1) is 6.11. The van der Waals surface area contributed by atoms with Crippen LogP contribution in [0.25, 0.3) is 0 Å². The summed E-state index contributed by atoms with van der Waals surface area (Å²) in [6.45, 7) is 1.45. The molecular formula is C6H11ClN4O2S. The normalized spacial score (nSPS) is 13.9. The van der Waals surface area contributed by atoms with Crippen molar-refractivity contribution in [3.05, 3.63) is 5.51 Å². The molecular weight excluding hydrogens is 228 g/mol. The largest absolute Gasteiger partial charge is 0.391 e. The van der Waals surface area contributed by atoms with E-state index in [1.807, 2.05) is 0 Å². The molecule has 80 valence electrons. The van der Waals surface area contributed by atoms with Gasteiger partial charge in [-0.15, -0.1) is 22.6 Å². The highest BCUT2D eigenvalue weighted by atomic mass is 35.5. The third-order valence-corrected chi connectivity index (χ3v) is 2.02. The second-order valence-electron chi connectivity index (χ2n) is 2.50. The van der Waals surface area contributed by atoms with Crippen LogP contribution in [0, 0.1) is 0 Å². The van der Waals surface area contributed by atoms with Gasteiger partial charge in [0.2, 0.25) is 11.0 Å². The summed E-state index contributed by atoms with van der Waals surface area (Å²) in [5.74, 6) is -0.466. The standard InChI is InChI=1S/C6H10N4O2S.ClH/c1-3(11)4(7)5(12)9-6-10-8-2-13-6;/h2-4,11H,7H2,1H3,(H,9,10,12);1H/t3-,4+;/m1./s1. The first-order valence-electron chi connectivity index (χ1n) is 3.62. The maximum atomic E-state index is 11.2. The average molecular weight is 239 g/mol. The van der Waals surface area contributed by atoms with Gasteiger partial charge in [0.1, 0.15) is 11.6 Å². The summed E-state index contributed by atoms with van der Waals surface area (Å²) < 4.78 is 0. The van der Waals surface area contributed by atoms with Gasteiger partial charge in [-0.3, -0.25) is 10.1 Å². The van der Waals surface area contributed by atoms with E-state index in [-0.39, 0.29) is 12.4 Å². The molecule has 0 aromatic carbocycles. The molecule has 0 fully saturated rings. The molecule has 0 aliphatic rings. The number of hydrogen-bond acceptors (Lipinski definition) is 6. The molecule has 1 amide bonds. The fourth-order valence-electron chi connectivity index (χ4n) is 0.635. The van der Waals surface area contributed by atoms with E-state index in [1.54, 1.807) is 0 Å². The fourth-order valence-corrected chi connectivity index (χ4v) is 1.08. The van der Waals surface area contributed by atoms with Gasteiger partial charge in [-0.1, -0.05) is 11.3 Å². The minimum Gasteiger partial charge on any atom is -0.391 e. The smallest absolute Gasteiger partial charge is 0.245 e. The topological polar surface area (TPSA) is 101 Å². The van der Waals surface area contributed by atoms with Crippen LogP contribution in [-0.4, -0.2) is 33.4 Å². The zero-order valence-electron chi connectivity index (χ0n) is 7.38. The number of amides is 1. The predicted octanol–water partition coefficient (Wildman–Crippen LogP) is -0.394. The van der Waals surface area contributed by atoms with E-state index in [2.05, 4.69) is 15.5 Å². The highest BCUT2D eigenvalue weighted by molar-refractivity contribution is 7.13. The number of aliphatic hydroxyl groups is 1. The SMILES string of the molecule is C[C@@H](O)[C@H](N)C(=O)Nc1nncs1.Cl. The molecule has 4 N–H and O–H groups in total. The van der Waals surface area contributed by atoms with Crippen molar-refractivity contribution in [1.82, 2.24) is 10.2 Å². The number of hydrogen-bond donors (Lipinski definition) is 3. The Balaban J connectivity index is 0.00000169. The monoisotopic (exact) mass is 238 g/mol. The van der Waals surface area contributed by atoms with E-state index in [1.165, 1.54) is 23.8 Å². The Morgan fingerprint density at radius 3 is 2.86 bits per heavy atom. The number of anilines is 1. The molecule has 0 saturated carbocycles. The molecule has 8 heteroatoms. The van der Waals surface area contributed by atoms with E-state index in [9.17, 15) is 4.79 Å². The van der Waals surface area contributed by atoms with Crippen molar-refractivity contribution in [3.8, 4) is 0 Å². The third-order valence-electron chi connectivity index (χ3n) is 1.41. The van der Waals surface area contributed by atoms with Gasteiger partial charge in [-0.05, 0) is 6.92 Å². The van der Waals surface area contributed by atoms with Crippen LogP contribution in [0.3, 0.4) is 0 Å². The molecule has 0 saturated heterocycles. The molecule has 0 spiro atoms. The molecule has 14 heavy (non-hydrogen) atoms. The lowest BCUT2D eigenvalue weighted by Crippen LogP contribution is -2.43. The summed E-state index contributed by atoms with van der Waals surface area (Å²) in [5.41, 5.74) is 6.86. The maximum absolute atomic E-state index is 11.2. The Kier molecular flexibility index (Phi) is 5.55. The van der Waals surface area contributed by atoms with E-state index in [4.69, 9.17) is 10.8 Å². The molecule has 0 bridgehead atoms. The van der Waals surface area contributed by atoms with Gasteiger partial charge >= 0.3 is 0 Å². The van der Waals surface area contributed by atoms with Crippen molar-refractivity contribution in [3.63, 3.8) is 0 Å². The van der Waals surface area contributed by atoms with Crippen LogP contribution in [0.15, 0.2) is 5.51 Å². The summed E-state index contributed by atoms with van der Waals surface area (Å²) in [5, 5.41) is 18.9. The van der Waals surface area contributed by atoms with Crippen molar-refractivity contribution >= 4 is 34.8 Å². The number of aliphatic hydroxyl groups excluding tert-OH is 1. The van der Waals surface area contributed by atoms with Crippen molar-refractivity contribution in [1.29, 1.82) is 0 Å². The number of nitrogens with two attached hydrogens (primary N) is 1. The molecule has 6 nitrogen and oxygen atoms in total. The summed E-state index contributed by atoms with van der Waals surface area (Å²) in [7, 11) is 0. The number of halogens is 1. The molecule has 0 aliphatic heterocycles. The van der Waals surface area contributed by atoms with Gasteiger partial charge in [0.15, 0.2) is 0 Å². The van der Waals surface area contributed by atoms with Crippen LogP contribution in [0.1, 0.15) is 6.92 Å². The highest BCUT2D eigenvalue weighted by Crippen LogP contribution is 2.08. The van der Waals surface area contributed by atoms with E-state index < -0.39 is 18.1 Å². The van der Waals surface area contributed by atoms with Crippen molar-refractivity contribution < 1.29 is 9.90 Å². The van der Waals surface area contributed by atoms with E-state index in [0.29, 0.717) is 5.13 Å². The summed E-state index contributed by atoms with van der Waals surface area (Å²) in [4.78, 5) is 11.2. The molecule has 1 rings (SSSR count). The van der Waals surface area contributed by atoms with E-state index >= 15 is 0 Å². The lowest BCUT2D eigenvalue weighted by atomic mass is 10.2. The summed E-state index contributed by atoms with van der Waals surface area (Å²) in [6.07, 6.45) is -0.882. The molecule has 1 aromatic heterocycles. The van der Waals surface area contributed by atoms with Crippen LogP contribution >= 0.6 is 23.7 Å². The van der Waals surface area contributed by atoms with Crippen LogP contribution in [0.4, 0.5) is 5.13 Å². The zero-order valence-corrected chi connectivity index (χ0v) is 9.01. The Labute approximate surface area is 90.9 Å². The van der Waals surface area contributed by atoms with Crippen molar-refractivity contribution in [2.45, 2.75) is 19.1 Å². The van der Waals surface area contributed by atoms with Gasteiger partial charge in [0.05, 0.1) is 6.10 Å². The van der Waals surface area contributed by atoms with Crippen molar-refractivity contribution in [2.24, 2.45) is 5.73 Å². The second kappa shape index (κ2) is 5.86. The maximum Gasteiger partial charge on any atom is 0.245 e. The lowest BCUT2D eigenvalue weighted by molar-refractivity contribution is -0.119. The molecule has 0 unspecified atom stereocenters. The van der Waals surface area contributed by atoms with Crippen molar-refractivity contribution in [2.75, 3.05) is 5.32 Å². The van der Waals surface area contributed by atoms with Gasteiger partial charge < -0.3 is 10.8 Å². The minimum absolute atomic E-state index is 0. The number of aromatic nitrogens is 2. The highest BCUT2D eigenvalue weighted by Gasteiger charge is 2.19. The summed E-state index contributed by atoms with van der Waals surface area (Å²) in [6, 6.07) is -0.941. The van der Waals surface area contributed by atoms with Crippen LogP contribution in [0.2, 0.25) is 0 Å². The number of nitrogens with one attached hydrogen (secondary N) is 1. The number of nitrogens with zero attached hydrogens (tertiary/aromatic N) is 2. The number of carbonyl (C=O) groups is 1. The number of rotatable bonds is 3. The van der Waals surface area contributed by atoms with E-state index in [0.717, 1.165) is 0 Å². The molecule has 1 aromatic rings.